The third kappa shape index (κ3) is 7.40. The average Bonchev–Trinajstić information content (AvgIpc) is 2.16. The minimum atomic E-state index is -0.727. The van der Waals surface area contributed by atoms with Gasteiger partial charge in [0.05, 0.1) is 12.5 Å². The highest BCUT2D eigenvalue weighted by atomic mass is 16.5. The second-order valence-electron chi connectivity index (χ2n) is 4.11. The number of hydrogen-bond donors (Lipinski definition) is 1. The van der Waals surface area contributed by atoms with Crippen LogP contribution in [0, 0.1) is 0 Å². The van der Waals surface area contributed by atoms with Gasteiger partial charge in [-0.05, 0) is 20.3 Å². The Kier molecular flexibility index (Phi) is 7.81. The van der Waals surface area contributed by atoms with Crippen LogP contribution in [-0.4, -0.2) is 29.1 Å². The predicted molar refractivity (Wildman–Crippen MR) is 61.0 cm³/mol. The van der Waals surface area contributed by atoms with Crippen molar-refractivity contribution in [2.75, 3.05) is 0 Å². The molecule has 2 atom stereocenters. The second-order valence-corrected chi connectivity index (χ2v) is 4.11. The molecule has 0 aromatic carbocycles. The van der Waals surface area contributed by atoms with E-state index in [0.29, 0.717) is 6.42 Å². The van der Waals surface area contributed by atoms with E-state index in [2.05, 4.69) is 6.92 Å². The molecule has 1 N–H and O–H groups in total. The Balaban J connectivity index is 3.81. The molecule has 16 heavy (non-hydrogen) atoms. The van der Waals surface area contributed by atoms with Crippen molar-refractivity contribution in [2.45, 2.75) is 65.1 Å². The van der Waals surface area contributed by atoms with Crippen molar-refractivity contribution in [3.8, 4) is 0 Å². The molecule has 4 heteroatoms. The molecule has 0 heterocycles. The minimum Gasteiger partial charge on any atom is -0.455 e. The van der Waals surface area contributed by atoms with Crippen LogP contribution in [0.5, 0.6) is 0 Å². The molecule has 0 saturated heterocycles. The monoisotopic (exact) mass is 230 g/mol. The Labute approximate surface area is 97.0 Å². The van der Waals surface area contributed by atoms with Gasteiger partial charge in [0.1, 0.15) is 0 Å². The van der Waals surface area contributed by atoms with Crippen LogP contribution < -0.4 is 0 Å². The van der Waals surface area contributed by atoms with Crippen LogP contribution in [0.25, 0.3) is 0 Å². The maximum atomic E-state index is 11.5. The molecule has 0 radical (unpaired) electrons. The first kappa shape index (κ1) is 15.1. The van der Waals surface area contributed by atoms with E-state index in [0.717, 1.165) is 19.3 Å². The van der Waals surface area contributed by atoms with Crippen LogP contribution >= 0.6 is 0 Å². The summed E-state index contributed by atoms with van der Waals surface area (Å²) in [6, 6.07) is 0. The lowest BCUT2D eigenvalue weighted by Crippen LogP contribution is -2.25. The van der Waals surface area contributed by atoms with Crippen molar-refractivity contribution in [1.82, 2.24) is 0 Å². The van der Waals surface area contributed by atoms with Crippen LogP contribution in [0.4, 0.5) is 0 Å². The number of Topliss-reactive ketones (excluding diaryl/α,β-unsaturated/α-hetero) is 1. The molecule has 0 fully saturated rings. The van der Waals surface area contributed by atoms with Crippen molar-refractivity contribution < 1.29 is 19.4 Å². The number of carbonyl (C=O) groups excluding carboxylic acids is 2. The van der Waals surface area contributed by atoms with Gasteiger partial charge in [-0.25, -0.2) is 0 Å². The van der Waals surface area contributed by atoms with Gasteiger partial charge in [-0.2, -0.15) is 0 Å². The van der Waals surface area contributed by atoms with Crippen LogP contribution in [0.15, 0.2) is 0 Å². The van der Waals surface area contributed by atoms with E-state index in [9.17, 15) is 9.59 Å². The van der Waals surface area contributed by atoms with Gasteiger partial charge in [-0.3, -0.25) is 9.59 Å². The summed E-state index contributed by atoms with van der Waals surface area (Å²) in [6.45, 7) is 5.15. The van der Waals surface area contributed by atoms with Gasteiger partial charge in [-0.1, -0.05) is 19.8 Å². The first-order chi connectivity index (χ1) is 7.47. The molecule has 0 aliphatic rings. The lowest BCUT2D eigenvalue weighted by molar-refractivity contribution is -0.155. The van der Waals surface area contributed by atoms with Crippen LogP contribution in [0.1, 0.15) is 52.9 Å². The lowest BCUT2D eigenvalue weighted by Gasteiger charge is -2.12. The highest BCUT2D eigenvalue weighted by molar-refractivity contribution is 5.85. The number of rotatable bonds is 8. The molecule has 0 saturated carbocycles. The SMILES string of the molecule is CCCCCC(=O)C(C)OC(=O)CC(C)O. The summed E-state index contributed by atoms with van der Waals surface area (Å²) in [6.07, 6.45) is 1.89. The number of hydrogen-bond acceptors (Lipinski definition) is 4. The average molecular weight is 230 g/mol. The molecule has 4 nitrogen and oxygen atoms in total. The van der Waals surface area contributed by atoms with Crippen molar-refractivity contribution in [3.05, 3.63) is 0 Å². The van der Waals surface area contributed by atoms with Crippen molar-refractivity contribution in [2.24, 2.45) is 0 Å². The second kappa shape index (κ2) is 8.28. The fourth-order valence-electron chi connectivity index (χ4n) is 1.30. The Bertz CT molecular complexity index is 223. The van der Waals surface area contributed by atoms with E-state index >= 15 is 0 Å². The zero-order valence-electron chi connectivity index (χ0n) is 10.4. The molecule has 0 spiro atoms. The fraction of sp³-hybridized carbons (Fsp3) is 0.833. The summed E-state index contributed by atoms with van der Waals surface area (Å²) in [5, 5.41) is 8.96. The third-order valence-electron chi connectivity index (χ3n) is 2.25. The van der Waals surface area contributed by atoms with E-state index in [1.165, 1.54) is 6.92 Å². The van der Waals surface area contributed by atoms with Crippen LogP contribution in [0.2, 0.25) is 0 Å². The number of esters is 1. The summed E-state index contributed by atoms with van der Waals surface area (Å²) >= 11 is 0. The predicted octanol–water partition coefficient (Wildman–Crippen LogP) is 1.84. The number of carbonyl (C=O) groups is 2. The summed E-state index contributed by atoms with van der Waals surface area (Å²) in [5.41, 5.74) is 0. The number of ether oxygens (including phenoxy) is 1. The zero-order valence-corrected chi connectivity index (χ0v) is 10.4. The normalized spacial score (nSPS) is 14.2. The Morgan fingerprint density at radius 2 is 1.88 bits per heavy atom. The van der Waals surface area contributed by atoms with Gasteiger partial charge in [0.2, 0.25) is 0 Å². The molecule has 0 aromatic heterocycles. The molecule has 0 aliphatic heterocycles. The maximum absolute atomic E-state index is 11.5. The molecule has 94 valence electrons. The van der Waals surface area contributed by atoms with Crippen LogP contribution in [0.3, 0.4) is 0 Å². The van der Waals surface area contributed by atoms with Gasteiger partial charge in [0.15, 0.2) is 11.9 Å². The summed E-state index contributed by atoms with van der Waals surface area (Å²) < 4.78 is 4.91. The number of aliphatic hydroxyl groups excluding tert-OH is 1. The Morgan fingerprint density at radius 1 is 1.25 bits per heavy atom. The largest absolute Gasteiger partial charge is 0.455 e. The Morgan fingerprint density at radius 3 is 2.38 bits per heavy atom. The van der Waals surface area contributed by atoms with Crippen LogP contribution in [-0.2, 0) is 14.3 Å². The summed E-state index contributed by atoms with van der Waals surface area (Å²) in [4.78, 5) is 22.7. The van der Waals surface area contributed by atoms with Crippen molar-refractivity contribution in [1.29, 1.82) is 0 Å². The quantitative estimate of drug-likeness (QED) is 0.510. The van der Waals surface area contributed by atoms with Gasteiger partial charge in [0, 0.05) is 6.42 Å². The number of unbranched alkanes of at least 4 members (excludes halogenated alkanes) is 2. The van der Waals surface area contributed by atoms with E-state index in [1.807, 2.05) is 0 Å². The third-order valence-corrected chi connectivity index (χ3v) is 2.25. The van der Waals surface area contributed by atoms with Gasteiger partial charge in [0.25, 0.3) is 0 Å². The van der Waals surface area contributed by atoms with Gasteiger partial charge >= 0.3 is 5.97 Å². The maximum Gasteiger partial charge on any atom is 0.309 e. The van der Waals surface area contributed by atoms with E-state index in [-0.39, 0.29) is 12.2 Å². The molecule has 0 amide bonds. The van der Waals surface area contributed by atoms with Gasteiger partial charge < -0.3 is 9.84 Å². The first-order valence-corrected chi connectivity index (χ1v) is 5.87. The minimum absolute atomic E-state index is 0.0487. The highest BCUT2D eigenvalue weighted by Gasteiger charge is 2.17. The van der Waals surface area contributed by atoms with Gasteiger partial charge in [-0.15, -0.1) is 0 Å². The van der Waals surface area contributed by atoms with Crippen molar-refractivity contribution in [3.63, 3.8) is 0 Å². The summed E-state index contributed by atoms with van der Waals surface area (Å²) in [7, 11) is 0. The molecular formula is C12H22O4. The highest BCUT2D eigenvalue weighted by Crippen LogP contribution is 2.06. The standard InChI is InChI=1S/C12H22O4/c1-4-5-6-7-11(14)10(3)16-12(15)8-9(2)13/h9-10,13H,4-8H2,1-3H3. The molecule has 0 rings (SSSR count). The molecule has 0 bridgehead atoms. The smallest absolute Gasteiger partial charge is 0.309 e. The molecule has 0 aromatic rings. The molecular weight excluding hydrogens is 208 g/mol. The molecule has 2 unspecified atom stereocenters. The van der Waals surface area contributed by atoms with E-state index in [1.54, 1.807) is 6.92 Å². The fourth-order valence-corrected chi connectivity index (χ4v) is 1.30. The number of aliphatic hydroxyl groups is 1. The number of ketones is 1. The summed E-state index contributed by atoms with van der Waals surface area (Å²) in [5.74, 6) is -0.571. The molecule has 0 aliphatic carbocycles. The first-order valence-electron chi connectivity index (χ1n) is 5.87. The van der Waals surface area contributed by atoms with Crippen molar-refractivity contribution >= 4 is 11.8 Å². The zero-order chi connectivity index (χ0) is 12.6. The van der Waals surface area contributed by atoms with E-state index < -0.39 is 18.2 Å². The van der Waals surface area contributed by atoms with E-state index in [4.69, 9.17) is 9.84 Å². The topological polar surface area (TPSA) is 63.6 Å². The Hall–Kier alpha value is -0.900. The lowest BCUT2D eigenvalue weighted by atomic mass is 10.1.